The van der Waals surface area contributed by atoms with Crippen molar-refractivity contribution in [2.24, 2.45) is 0 Å². The summed E-state index contributed by atoms with van der Waals surface area (Å²) in [4.78, 5) is 35.9. The van der Waals surface area contributed by atoms with E-state index in [-0.39, 0.29) is 5.91 Å². The molecule has 0 atom stereocenters. The van der Waals surface area contributed by atoms with E-state index in [0.717, 1.165) is 5.56 Å². The lowest BCUT2D eigenvalue weighted by Crippen LogP contribution is -2.49. The molecular formula is C19H19N5O3S. The summed E-state index contributed by atoms with van der Waals surface area (Å²) in [5.74, 6) is -0.431. The quantitative estimate of drug-likeness (QED) is 0.699. The number of benzene rings is 1. The monoisotopic (exact) mass is 397 g/mol. The maximum absolute atomic E-state index is 13.0. The molecule has 9 heteroatoms. The zero-order valence-corrected chi connectivity index (χ0v) is 16.1. The number of hydrogen-bond donors (Lipinski definition) is 2. The average molecular weight is 397 g/mol. The van der Waals surface area contributed by atoms with Gasteiger partial charge in [-0.2, -0.15) is 5.10 Å². The summed E-state index contributed by atoms with van der Waals surface area (Å²) in [7, 11) is 0. The highest BCUT2D eigenvalue weighted by Gasteiger charge is 2.44. The predicted molar refractivity (Wildman–Crippen MR) is 103 cm³/mol. The first kappa shape index (κ1) is 18.3. The number of likely N-dealkylation sites (tertiary alicyclic amines) is 1. The van der Waals surface area contributed by atoms with Crippen LogP contribution in [0.3, 0.4) is 0 Å². The molecule has 1 aliphatic heterocycles. The van der Waals surface area contributed by atoms with E-state index in [9.17, 15) is 14.7 Å². The van der Waals surface area contributed by atoms with E-state index in [1.54, 1.807) is 11.8 Å². The number of amides is 1. The molecule has 4 rings (SSSR count). The molecule has 1 aliphatic rings. The SMILES string of the molecule is Cc1nc(-c2ncn[nH]2)sc1C(=O)N1CCC(C(=O)O)(c2ccccc2)CC1. The third-order valence-corrected chi connectivity index (χ3v) is 6.40. The maximum Gasteiger partial charge on any atom is 0.314 e. The highest BCUT2D eigenvalue weighted by Crippen LogP contribution is 2.37. The zero-order chi connectivity index (χ0) is 19.7. The van der Waals surface area contributed by atoms with Gasteiger partial charge in [-0.15, -0.1) is 11.3 Å². The molecule has 28 heavy (non-hydrogen) atoms. The second-order valence-corrected chi connectivity index (χ2v) is 7.81. The van der Waals surface area contributed by atoms with Crippen LogP contribution in [0.25, 0.3) is 10.8 Å². The Morgan fingerprint density at radius 1 is 1.21 bits per heavy atom. The number of piperidine rings is 1. The van der Waals surface area contributed by atoms with Gasteiger partial charge in [-0.25, -0.2) is 9.97 Å². The number of hydrogen-bond acceptors (Lipinski definition) is 6. The Hall–Kier alpha value is -3.07. The van der Waals surface area contributed by atoms with Crippen LogP contribution in [0.15, 0.2) is 36.7 Å². The van der Waals surface area contributed by atoms with Gasteiger partial charge in [0.15, 0.2) is 10.8 Å². The Morgan fingerprint density at radius 2 is 1.93 bits per heavy atom. The van der Waals surface area contributed by atoms with Gasteiger partial charge in [0.1, 0.15) is 11.2 Å². The summed E-state index contributed by atoms with van der Waals surface area (Å²) in [5, 5.41) is 17.1. The summed E-state index contributed by atoms with van der Waals surface area (Å²) < 4.78 is 0. The number of carbonyl (C=O) groups excluding carboxylic acids is 1. The van der Waals surface area contributed by atoms with E-state index in [2.05, 4.69) is 20.2 Å². The van der Waals surface area contributed by atoms with Gasteiger partial charge in [-0.05, 0) is 25.3 Å². The van der Waals surface area contributed by atoms with Gasteiger partial charge in [0.05, 0.1) is 11.1 Å². The third kappa shape index (κ3) is 3.07. The van der Waals surface area contributed by atoms with E-state index in [4.69, 9.17) is 0 Å². The average Bonchev–Trinajstić information content (AvgIpc) is 3.38. The van der Waals surface area contributed by atoms with Gasteiger partial charge in [-0.3, -0.25) is 14.7 Å². The third-order valence-electron chi connectivity index (χ3n) is 5.25. The minimum atomic E-state index is -0.953. The Labute approximate surface area is 165 Å². The second-order valence-electron chi connectivity index (χ2n) is 6.81. The van der Waals surface area contributed by atoms with Crippen molar-refractivity contribution in [3.05, 3.63) is 52.8 Å². The summed E-state index contributed by atoms with van der Waals surface area (Å²) in [5.41, 5.74) is 0.474. The largest absolute Gasteiger partial charge is 0.481 e. The second kappa shape index (κ2) is 7.16. The summed E-state index contributed by atoms with van der Waals surface area (Å²) in [6.45, 7) is 2.56. The summed E-state index contributed by atoms with van der Waals surface area (Å²) >= 11 is 1.27. The van der Waals surface area contributed by atoms with Crippen LogP contribution in [0.4, 0.5) is 0 Å². The van der Waals surface area contributed by atoms with Crippen molar-refractivity contribution < 1.29 is 14.7 Å². The number of aromatic amines is 1. The molecule has 0 radical (unpaired) electrons. The lowest BCUT2D eigenvalue weighted by atomic mass is 9.73. The molecular weight excluding hydrogens is 378 g/mol. The first-order valence-corrected chi connectivity index (χ1v) is 9.74. The van der Waals surface area contributed by atoms with E-state index in [1.165, 1.54) is 17.7 Å². The van der Waals surface area contributed by atoms with Crippen molar-refractivity contribution in [1.29, 1.82) is 0 Å². The molecule has 2 aromatic heterocycles. The molecule has 144 valence electrons. The van der Waals surface area contributed by atoms with Gasteiger partial charge in [0.2, 0.25) is 0 Å². The van der Waals surface area contributed by atoms with Crippen LogP contribution in [0.1, 0.15) is 33.8 Å². The van der Waals surface area contributed by atoms with Crippen molar-refractivity contribution in [3.8, 4) is 10.8 Å². The summed E-state index contributed by atoms with van der Waals surface area (Å²) in [6, 6.07) is 9.27. The van der Waals surface area contributed by atoms with Crippen LogP contribution in [-0.4, -0.2) is 55.1 Å². The Morgan fingerprint density at radius 3 is 2.54 bits per heavy atom. The fraction of sp³-hybridized carbons (Fsp3) is 0.316. The fourth-order valence-corrected chi connectivity index (χ4v) is 4.60. The van der Waals surface area contributed by atoms with Crippen LogP contribution in [-0.2, 0) is 10.2 Å². The Balaban J connectivity index is 1.54. The maximum atomic E-state index is 13.0. The number of carbonyl (C=O) groups is 2. The van der Waals surface area contributed by atoms with E-state index < -0.39 is 11.4 Å². The zero-order valence-electron chi connectivity index (χ0n) is 15.3. The topological polar surface area (TPSA) is 112 Å². The van der Waals surface area contributed by atoms with Gasteiger partial charge >= 0.3 is 5.97 Å². The molecule has 1 fully saturated rings. The van der Waals surface area contributed by atoms with Crippen LogP contribution in [0.2, 0.25) is 0 Å². The van der Waals surface area contributed by atoms with Crippen molar-refractivity contribution >= 4 is 23.2 Å². The van der Waals surface area contributed by atoms with Gasteiger partial charge in [-0.1, -0.05) is 30.3 Å². The molecule has 1 saturated heterocycles. The van der Waals surface area contributed by atoms with Crippen molar-refractivity contribution in [3.63, 3.8) is 0 Å². The highest BCUT2D eigenvalue weighted by atomic mass is 32.1. The lowest BCUT2D eigenvalue weighted by Gasteiger charge is -2.39. The molecule has 0 bridgehead atoms. The smallest absolute Gasteiger partial charge is 0.314 e. The molecule has 0 aliphatic carbocycles. The highest BCUT2D eigenvalue weighted by molar-refractivity contribution is 7.17. The number of nitrogens with one attached hydrogen (secondary N) is 1. The number of H-pyrrole nitrogens is 1. The van der Waals surface area contributed by atoms with Crippen LogP contribution in [0.5, 0.6) is 0 Å². The number of aliphatic carboxylic acids is 1. The first-order valence-electron chi connectivity index (χ1n) is 8.92. The van der Waals surface area contributed by atoms with Crippen LogP contribution in [0, 0.1) is 6.92 Å². The number of thiazole rings is 1. The minimum absolute atomic E-state index is 0.118. The number of carboxylic acids is 1. The van der Waals surface area contributed by atoms with Gasteiger partial charge in [0.25, 0.3) is 5.91 Å². The van der Waals surface area contributed by atoms with Gasteiger partial charge in [0, 0.05) is 13.1 Å². The molecule has 2 N–H and O–H groups in total. The first-order chi connectivity index (χ1) is 13.5. The molecule has 0 saturated carbocycles. The standard InChI is InChI=1S/C19H19N5O3S/c1-12-14(28-16(22-12)15-20-11-21-23-15)17(25)24-9-7-19(8-10-24,18(26)27)13-5-3-2-4-6-13/h2-6,11H,7-10H2,1H3,(H,26,27)(H,20,21,23). The minimum Gasteiger partial charge on any atom is -0.481 e. The number of aryl methyl sites for hydroxylation is 1. The molecule has 0 spiro atoms. The summed E-state index contributed by atoms with van der Waals surface area (Å²) in [6.07, 6.45) is 2.16. The molecule has 3 heterocycles. The lowest BCUT2D eigenvalue weighted by molar-refractivity contribution is -0.145. The van der Waals surface area contributed by atoms with Crippen molar-refractivity contribution in [2.75, 3.05) is 13.1 Å². The van der Waals surface area contributed by atoms with Crippen LogP contribution < -0.4 is 0 Å². The number of rotatable bonds is 4. The van der Waals surface area contributed by atoms with E-state index in [1.807, 2.05) is 30.3 Å². The predicted octanol–water partition coefficient (Wildman–Crippen LogP) is 2.50. The van der Waals surface area contributed by atoms with Gasteiger partial charge < -0.3 is 10.0 Å². The number of aromatic nitrogens is 4. The fourth-order valence-electron chi connectivity index (χ4n) is 3.62. The molecule has 8 nitrogen and oxygen atoms in total. The molecule has 0 unspecified atom stereocenters. The Kier molecular flexibility index (Phi) is 4.68. The molecule has 1 aromatic carbocycles. The number of carboxylic acid groups (broad SMARTS) is 1. The van der Waals surface area contributed by atoms with Crippen molar-refractivity contribution in [1.82, 2.24) is 25.1 Å². The number of nitrogens with zero attached hydrogens (tertiary/aromatic N) is 4. The molecule has 3 aromatic rings. The molecule has 1 amide bonds. The van der Waals surface area contributed by atoms with E-state index in [0.29, 0.717) is 47.3 Å². The van der Waals surface area contributed by atoms with Crippen molar-refractivity contribution in [2.45, 2.75) is 25.2 Å². The normalized spacial score (nSPS) is 16.1. The Bertz CT molecular complexity index is 992. The van der Waals surface area contributed by atoms with Crippen LogP contribution >= 0.6 is 11.3 Å². The van der Waals surface area contributed by atoms with E-state index >= 15 is 0 Å².